The van der Waals surface area contributed by atoms with E-state index in [1.165, 1.54) is 0 Å². The van der Waals surface area contributed by atoms with Crippen molar-refractivity contribution in [3.8, 4) is 0 Å². The van der Waals surface area contributed by atoms with Crippen LogP contribution in [-0.2, 0) is 0 Å². The quantitative estimate of drug-likeness (QED) is 0.692. The minimum absolute atomic E-state index is 0.352. The minimum atomic E-state index is -0.891. The second kappa shape index (κ2) is 5.18. The summed E-state index contributed by atoms with van der Waals surface area (Å²) in [5.74, 6) is 0. The number of likely N-dealkylation sites (N-methyl/N-ethyl adjacent to an activating group) is 1. The van der Waals surface area contributed by atoms with Crippen molar-refractivity contribution in [2.45, 2.75) is 12.2 Å². The molecule has 0 fully saturated rings. The SMILES string of the molecule is CNCC(O)C(O)c1c[nH]c2cc(Br)ccc12. The van der Waals surface area contributed by atoms with Gasteiger partial charge < -0.3 is 20.5 Å². The maximum Gasteiger partial charge on any atom is 0.108 e. The Morgan fingerprint density at radius 2 is 2.18 bits per heavy atom. The standard InChI is InChI=1S/C12H15BrN2O2/c1-14-6-11(16)12(17)9-5-15-10-4-7(13)2-3-8(9)10/h2-5,11-12,14-17H,6H2,1H3. The van der Waals surface area contributed by atoms with Crippen LogP contribution >= 0.6 is 15.9 Å². The fourth-order valence-corrected chi connectivity index (χ4v) is 2.25. The van der Waals surface area contributed by atoms with E-state index in [0.29, 0.717) is 6.54 Å². The van der Waals surface area contributed by atoms with Gasteiger partial charge in [-0.15, -0.1) is 0 Å². The van der Waals surface area contributed by atoms with Crippen molar-refractivity contribution in [2.24, 2.45) is 0 Å². The van der Waals surface area contributed by atoms with Gasteiger partial charge in [0.2, 0.25) is 0 Å². The van der Waals surface area contributed by atoms with E-state index in [9.17, 15) is 10.2 Å². The second-order valence-electron chi connectivity index (χ2n) is 4.00. The molecule has 4 nitrogen and oxygen atoms in total. The maximum absolute atomic E-state index is 10.1. The van der Waals surface area contributed by atoms with Crippen LogP contribution in [0.2, 0.25) is 0 Å². The van der Waals surface area contributed by atoms with E-state index in [1.807, 2.05) is 18.2 Å². The molecule has 0 saturated carbocycles. The summed E-state index contributed by atoms with van der Waals surface area (Å²) in [6, 6.07) is 5.77. The van der Waals surface area contributed by atoms with Gasteiger partial charge in [-0.1, -0.05) is 22.0 Å². The number of nitrogens with one attached hydrogen (secondary N) is 2. The molecule has 0 aliphatic heterocycles. The lowest BCUT2D eigenvalue weighted by atomic mass is 10.0. The monoisotopic (exact) mass is 298 g/mol. The molecule has 2 aromatic rings. The van der Waals surface area contributed by atoms with Crippen molar-refractivity contribution in [1.29, 1.82) is 0 Å². The number of aromatic nitrogens is 1. The predicted octanol–water partition coefficient (Wildman–Crippen LogP) is 1.54. The Morgan fingerprint density at radius 1 is 1.41 bits per heavy atom. The Bertz CT molecular complexity index is 512. The number of aliphatic hydroxyl groups excluding tert-OH is 2. The van der Waals surface area contributed by atoms with Crippen LogP contribution in [0.1, 0.15) is 11.7 Å². The second-order valence-corrected chi connectivity index (χ2v) is 4.92. The highest BCUT2D eigenvalue weighted by Crippen LogP contribution is 2.28. The smallest absolute Gasteiger partial charge is 0.108 e. The summed E-state index contributed by atoms with van der Waals surface area (Å²) >= 11 is 3.39. The summed E-state index contributed by atoms with van der Waals surface area (Å²) in [5, 5.41) is 23.6. The summed E-state index contributed by atoms with van der Waals surface area (Å²) < 4.78 is 0.976. The highest BCUT2D eigenvalue weighted by Gasteiger charge is 2.20. The molecule has 5 heteroatoms. The van der Waals surface area contributed by atoms with Gasteiger partial charge >= 0.3 is 0 Å². The first-order valence-corrected chi connectivity index (χ1v) is 6.20. The Balaban J connectivity index is 2.35. The number of H-pyrrole nitrogens is 1. The number of aliphatic hydroxyl groups is 2. The van der Waals surface area contributed by atoms with E-state index in [1.54, 1.807) is 13.2 Å². The molecular weight excluding hydrogens is 284 g/mol. The summed E-state index contributed by atoms with van der Waals surface area (Å²) in [5.41, 5.74) is 1.65. The van der Waals surface area contributed by atoms with Crippen molar-refractivity contribution in [3.63, 3.8) is 0 Å². The van der Waals surface area contributed by atoms with Gasteiger partial charge in [0.05, 0.1) is 6.10 Å². The van der Waals surface area contributed by atoms with Crippen molar-refractivity contribution >= 4 is 26.8 Å². The third-order valence-corrected chi connectivity index (χ3v) is 3.27. The van der Waals surface area contributed by atoms with E-state index < -0.39 is 12.2 Å². The molecule has 1 aromatic heterocycles. The van der Waals surface area contributed by atoms with Gasteiger partial charge in [0, 0.05) is 33.7 Å². The molecule has 92 valence electrons. The molecule has 1 heterocycles. The number of rotatable bonds is 4. The van der Waals surface area contributed by atoms with E-state index in [4.69, 9.17) is 0 Å². The number of benzene rings is 1. The largest absolute Gasteiger partial charge is 0.389 e. The van der Waals surface area contributed by atoms with Crippen LogP contribution in [0.4, 0.5) is 0 Å². The molecule has 2 atom stereocenters. The lowest BCUT2D eigenvalue weighted by Gasteiger charge is -2.16. The number of hydrogen-bond acceptors (Lipinski definition) is 3. The van der Waals surface area contributed by atoms with Crippen LogP contribution in [0, 0.1) is 0 Å². The average Bonchev–Trinajstić information content (AvgIpc) is 2.71. The molecule has 17 heavy (non-hydrogen) atoms. The molecule has 2 unspecified atom stereocenters. The zero-order valence-electron chi connectivity index (χ0n) is 9.44. The topological polar surface area (TPSA) is 68.3 Å². The van der Waals surface area contributed by atoms with Crippen LogP contribution in [-0.4, -0.2) is 34.9 Å². The van der Waals surface area contributed by atoms with E-state index in [2.05, 4.69) is 26.2 Å². The van der Waals surface area contributed by atoms with Crippen molar-refractivity contribution in [1.82, 2.24) is 10.3 Å². The number of aromatic amines is 1. The molecule has 0 spiro atoms. The Morgan fingerprint density at radius 3 is 2.88 bits per heavy atom. The molecule has 0 bridgehead atoms. The molecule has 1 aromatic carbocycles. The van der Waals surface area contributed by atoms with Gasteiger partial charge in [-0.2, -0.15) is 0 Å². The zero-order valence-corrected chi connectivity index (χ0v) is 11.0. The molecule has 0 amide bonds. The van der Waals surface area contributed by atoms with Crippen LogP contribution < -0.4 is 5.32 Å². The highest BCUT2D eigenvalue weighted by molar-refractivity contribution is 9.10. The fourth-order valence-electron chi connectivity index (χ4n) is 1.89. The first-order chi connectivity index (χ1) is 8.13. The third kappa shape index (κ3) is 2.52. The normalized spacial score (nSPS) is 15.1. The van der Waals surface area contributed by atoms with Gasteiger partial charge in [0.25, 0.3) is 0 Å². The molecule has 0 aliphatic rings. The van der Waals surface area contributed by atoms with E-state index >= 15 is 0 Å². The molecule has 0 radical (unpaired) electrons. The predicted molar refractivity (Wildman–Crippen MR) is 70.9 cm³/mol. The van der Waals surface area contributed by atoms with Crippen LogP contribution in [0.5, 0.6) is 0 Å². The minimum Gasteiger partial charge on any atom is -0.389 e. The summed E-state index contributed by atoms with van der Waals surface area (Å²) in [7, 11) is 1.74. The molecule has 0 aliphatic carbocycles. The molecule has 0 saturated heterocycles. The van der Waals surface area contributed by atoms with Crippen molar-refractivity contribution < 1.29 is 10.2 Å². The van der Waals surface area contributed by atoms with Crippen molar-refractivity contribution in [2.75, 3.05) is 13.6 Å². The Labute approximate surface area is 108 Å². The lowest BCUT2D eigenvalue weighted by Crippen LogP contribution is -2.29. The van der Waals surface area contributed by atoms with Crippen molar-refractivity contribution in [3.05, 3.63) is 34.4 Å². The number of fused-ring (bicyclic) bond motifs is 1. The van der Waals surface area contributed by atoms with Gasteiger partial charge in [0.15, 0.2) is 0 Å². The number of hydrogen-bond donors (Lipinski definition) is 4. The highest BCUT2D eigenvalue weighted by atomic mass is 79.9. The average molecular weight is 299 g/mol. The van der Waals surface area contributed by atoms with Gasteiger partial charge in [-0.05, 0) is 19.2 Å². The zero-order chi connectivity index (χ0) is 12.4. The molecule has 4 N–H and O–H groups in total. The first kappa shape index (κ1) is 12.6. The molecule has 2 rings (SSSR count). The summed E-state index contributed by atoms with van der Waals surface area (Å²) in [6.45, 7) is 0.352. The Hall–Kier alpha value is -0.880. The first-order valence-electron chi connectivity index (χ1n) is 5.40. The Kier molecular flexibility index (Phi) is 3.83. The molecular formula is C12H15BrN2O2. The summed E-state index contributed by atoms with van der Waals surface area (Å²) in [6.07, 6.45) is 0.0284. The van der Waals surface area contributed by atoms with Gasteiger partial charge in [0.1, 0.15) is 6.10 Å². The lowest BCUT2D eigenvalue weighted by molar-refractivity contribution is 0.0211. The van der Waals surface area contributed by atoms with Crippen LogP contribution in [0.25, 0.3) is 10.9 Å². The number of halogens is 1. The third-order valence-electron chi connectivity index (χ3n) is 2.77. The summed E-state index contributed by atoms with van der Waals surface area (Å²) in [4.78, 5) is 3.09. The van der Waals surface area contributed by atoms with E-state index in [0.717, 1.165) is 20.9 Å². The fraction of sp³-hybridized carbons (Fsp3) is 0.333. The van der Waals surface area contributed by atoms with Crippen LogP contribution in [0.15, 0.2) is 28.9 Å². The van der Waals surface area contributed by atoms with Gasteiger partial charge in [-0.3, -0.25) is 0 Å². The van der Waals surface area contributed by atoms with E-state index in [-0.39, 0.29) is 0 Å². The van der Waals surface area contributed by atoms with Crippen LogP contribution in [0.3, 0.4) is 0 Å². The van der Waals surface area contributed by atoms with Gasteiger partial charge in [-0.25, -0.2) is 0 Å². The maximum atomic E-state index is 10.1.